The summed E-state index contributed by atoms with van der Waals surface area (Å²) in [6.45, 7) is 0. The van der Waals surface area contributed by atoms with E-state index in [2.05, 4.69) is 9.91 Å². The third-order valence-corrected chi connectivity index (χ3v) is 1.84. The smallest absolute Gasteiger partial charge is 0.416 e. The highest BCUT2D eigenvalue weighted by Gasteiger charge is 2.32. The molecule has 0 N–H and O–H groups in total. The Morgan fingerprint density at radius 1 is 1.44 bits per heavy atom. The Hall–Kier alpha value is -2.10. The van der Waals surface area contributed by atoms with Crippen LogP contribution < -0.4 is 4.74 Å². The van der Waals surface area contributed by atoms with Gasteiger partial charge in [0, 0.05) is 0 Å². The number of alkyl halides is 3. The van der Waals surface area contributed by atoms with Crippen LogP contribution in [0.4, 0.5) is 18.9 Å². The Morgan fingerprint density at radius 3 is 2.44 bits per heavy atom. The van der Waals surface area contributed by atoms with E-state index in [-0.39, 0.29) is 11.3 Å². The van der Waals surface area contributed by atoms with Gasteiger partial charge in [0.05, 0.1) is 12.7 Å². The van der Waals surface area contributed by atoms with Crippen molar-refractivity contribution in [3.05, 3.63) is 28.2 Å². The number of benzene rings is 1. The fourth-order valence-electron chi connectivity index (χ4n) is 1.11. The number of methoxy groups -OCH3 is 1. The van der Waals surface area contributed by atoms with Crippen LogP contribution in [0.1, 0.15) is 11.1 Å². The van der Waals surface area contributed by atoms with E-state index in [1.54, 1.807) is 6.07 Å². The summed E-state index contributed by atoms with van der Waals surface area (Å²) in [5.41, 5.74) is -1.99. The summed E-state index contributed by atoms with van der Waals surface area (Å²) < 4.78 is 41.7. The minimum atomic E-state index is -4.62. The summed E-state index contributed by atoms with van der Waals surface area (Å²) in [5.74, 6) is -0.327. The molecule has 0 aliphatic heterocycles. The summed E-state index contributed by atoms with van der Waals surface area (Å²) >= 11 is 0. The molecule has 1 aromatic rings. The lowest BCUT2D eigenvalue weighted by Gasteiger charge is -2.10. The van der Waals surface area contributed by atoms with Gasteiger partial charge in [-0.2, -0.15) is 18.4 Å². The topological polar surface area (TPSA) is 62.4 Å². The van der Waals surface area contributed by atoms with Gasteiger partial charge in [0.15, 0.2) is 0 Å². The average molecular weight is 230 g/mol. The molecule has 16 heavy (non-hydrogen) atoms. The Morgan fingerprint density at radius 2 is 2.06 bits per heavy atom. The zero-order valence-corrected chi connectivity index (χ0v) is 8.00. The lowest BCUT2D eigenvalue weighted by molar-refractivity contribution is -0.137. The second kappa shape index (κ2) is 4.18. The van der Waals surface area contributed by atoms with Crippen molar-refractivity contribution in [1.29, 1.82) is 5.26 Å². The number of nitriles is 1. The second-order valence-corrected chi connectivity index (χ2v) is 2.77. The van der Waals surface area contributed by atoms with Crippen molar-refractivity contribution in [3.63, 3.8) is 0 Å². The molecule has 0 atom stereocenters. The maximum atomic E-state index is 12.4. The molecular weight excluding hydrogens is 225 g/mol. The van der Waals surface area contributed by atoms with Crippen LogP contribution in [0.25, 0.3) is 0 Å². The monoisotopic (exact) mass is 230 g/mol. The van der Waals surface area contributed by atoms with Gasteiger partial charge in [0.1, 0.15) is 23.1 Å². The Kier molecular flexibility index (Phi) is 3.13. The first-order valence-electron chi connectivity index (χ1n) is 3.96. The van der Waals surface area contributed by atoms with E-state index in [1.165, 1.54) is 0 Å². The summed E-state index contributed by atoms with van der Waals surface area (Å²) in [7, 11) is 1.10. The first kappa shape index (κ1) is 12.0. The molecule has 0 spiro atoms. The second-order valence-electron chi connectivity index (χ2n) is 2.77. The van der Waals surface area contributed by atoms with Crippen molar-refractivity contribution in [3.8, 4) is 11.8 Å². The minimum Gasteiger partial charge on any atom is -0.495 e. The molecule has 7 heteroatoms. The molecule has 0 aromatic heterocycles. The lowest BCUT2D eigenvalue weighted by atomic mass is 10.1. The molecule has 0 unspecified atom stereocenters. The van der Waals surface area contributed by atoms with Gasteiger partial charge >= 0.3 is 6.18 Å². The number of nitroso groups, excluding NO2 is 1. The zero-order valence-electron chi connectivity index (χ0n) is 8.00. The van der Waals surface area contributed by atoms with E-state index in [0.717, 1.165) is 7.11 Å². The van der Waals surface area contributed by atoms with Crippen molar-refractivity contribution in [2.24, 2.45) is 5.18 Å². The van der Waals surface area contributed by atoms with Gasteiger partial charge in [0.25, 0.3) is 0 Å². The molecule has 1 rings (SSSR count). The summed E-state index contributed by atoms with van der Waals surface area (Å²) in [6, 6.07) is 2.71. The molecule has 4 nitrogen and oxygen atoms in total. The SMILES string of the molecule is COc1cc(C(F)(F)F)cc(N=O)c1C#N. The fraction of sp³-hybridized carbons (Fsp3) is 0.222. The van der Waals surface area contributed by atoms with Crippen molar-refractivity contribution >= 4 is 5.69 Å². The third-order valence-electron chi connectivity index (χ3n) is 1.84. The van der Waals surface area contributed by atoms with Crippen LogP contribution in [-0.2, 0) is 6.18 Å². The van der Waals surface area contributed by atoms with Crippen molar-refractivity contribution in [2.45, 2.75) is 6.18 Å². The van der Waals surface area contributed by atoms with E-state index >= 15 is 0 Å². The number of hydrogen-bond donors (Lipinski definition) is 0. The molecule has 0 aliphatic carbocycles. The number of hydrogen-bond acceptors (Lipinski definition) is 4. The maximum Gasteiger partial charge on any atom is 0.416 e. The first-order chi connectivity index (χ1) is 7.43. The van der Waals surface area contributed by atoms with Crippen LogP contribution >= 0.6 is 0 Å². The first-order valence-corrected chi connectivity index (χ1v) is 3.96. The standard InChI is InChI=1S/C9H5F3N2O2/c1-16-8-3-5(9(10,11)12)2-7(14-15)6(8)4-13/h2-3H,1H3. The Bertz CT molecular complexity index is 463. The number of nitrogens with zero attached hydrogens (tertiary/aromatic N) is 2. The highest BCUT2D eigenvalue weighted by molar-refractivity contribution is 5.62. The highest BCUT2D eigenvalue weighted by Crippen LogP contribution is 2.37. The van der Waals surface area contributed by atoms with Gasteiger partial charge in [-0.25, -0.2) is 0 Å². The molecule has 84 valence electrons. The molecule has 1 aromatic carbocycles. The quantitative estimate of drug-likeness (QED) is 0.733. The lowest BCUT2D eigenvalue weighted by Crippen LogP contribution is -2.05. The molecule has 0 aliphatic rings. The van der Waals surface area contributed by atoms with Crippen LogP contribution in [-0.4, -0.2) is 7.11 Å². The predicted molar refractivity (Wildman–Crippen MR) is 48.2 cm³/mol. The molecular formula is C9H5F3N2O2. The summed E-state index contributed by atoms with van der Waals surface area (Å²) in [4.78, 5) is 10.3. The Balaban J connectivity index is 3.51. The van der Waals surface area contributed by atoms with Crippen molar-refractivity contribution in [2.75, 3.05) is 7.11 Å². The molecule has 0 radical (unpaired) electrons. The van der Waals surface area contributed by atoms with Gasteiger partial charge in [-0.15, -0.1) is 4.91 Å². The van der Waals surface area contributed by atoms with Crippen LogP contribution in [0.15, 0.2) is 17.3 Å². The fourth-order valence-corrected chi connectivity index (χ4v) is 1.11. The molecule has 0 bridgehead atoms. The molecule has 0 amide bonds. The summed E-state index contributed by atoms with van der Waals surface area (Å²) in [6.07, 6.45) is -4.62. The van der Waals surface area contributed by atoms with Gasteiger partial charge in [-0.05, 0) is 17.3 Å². The Labute approximate surface area is 88.2 Å². The van der Waals surface area contributed by atoms with E-state index in [4.69, 9.17) is 5.26 Å². The van der Waals surface area contributed by atoms with Gasteiger partial charge in [-0.3, -0.25) is 0 Å². The predicted octanol–water partition coefficient (Wildman–Crippen LogP) is 2.98. The van der Waals surface area contributed by atoms with E-state index < -0.39 is 17.4 Å². The van der Waals surface area contributed by atoms with Gasteiger partial charge in [-0.1, -0.05) is 0 Å². The highest BCUT2D eigenvalue weighted by atomic mass is 19.4. The molecule has 0 heterocycles. The van der Waals surface area contributed by atoms with Crippen LogP contribution in [0.3, 0.4) is 0 Å². The van der Waals surface area contributed by atoms with E-state index in [0.29, 0.717) is 12.1 Å². The van der Waals surface area contributed by atoms with Crippen LogP contribution in [0, 0.1) is 16.2 Å². The normalized spacial score (nSPS) is 10.7. The minimum absolute atomic E-state index is 0.314. The number of rotatable bonds is 2. The van der Waals surface area contributed by atoms with Crippen molar-refractivity contribution < 1.29 is 17.9 Å². The number of halogens is 3. The van der Waals surface area contributed by atoms with Gasteiger partial charge < -0.3 is 4.74 Å². The van der Waals surface area contributed by atoms with Crippen LogP contribution in [0.2, 0.25) is 0 Å². The maximum absolute atomic E-state index is 12.4. The zero-order chi connectivity index (χ0) is 12.3. The molecule has 0 saturated carbocycles. The van der Waals surface area contributed by atoms with E-state index in [9.17, 15) is 18.1 Å². The largest absolute Gasteiger partial charge is 0.495 e. The molecule has 0 saturated heterocycles. The molecule has 0 fully saturated rings. The van der Waals surface area contributed by atoms with Crippen LogP contribution in [0.5, 0.6) is 5.75 Å². The van der Waals surface area contributed by atoms with Gasteiger partial charge in [0.2, 0.25) is 0 Å². The summed E-state index contributed by atoms with van der Waals surface area (Å²) in [5, 5.41) is 11.0. The van der Waals surface area contributed by atoms with E-state index in [1.807, 2.05) is 0 Å². The van der Waals surface area contributed by atoms with Crippen molar-refractivity contribution in [1.82, 2.24) is 0 Å². The number of ether oxygens (including phenoxy) is 1. The average Bonchev–Trinajstić information content (AvgIpc) is 2.25. The third kappa shape index (κ3) is 2.11.